The van der Waals surface area contributed by atoms with Crippen molar-refractivity contribution in [3.05, 3.63) is 59.7 Å². The van der Waals surface area contributed by atoms with Crippen LogP contribution in [-0.4, -0.2) is 38.0 Å². The number of halogens is 2. The molecule has 1 fully saturated rings. The van der Waals surface area contributed by atoms with Crippen LogP contribution >= 0.6 is 0 Å². The second-order valence-corrected chi connectivity index (χ2v) is 9.90. The minimum atomic E-state index is -3.42. The minimum Gasteiger partial charge on any atom is -0.212 e. The Morgan fingerprint density at radius 1 is 1.10 bits per heavy atom. The number of sulfonamides is 1. The molecule has 160 valence electrons. The first-order chi connectivity index (χ1) is 14.2. The molecule has 0 saturated heterocycles. The normalized spacial score (nSPS) is 17.0. The second-order valence-electron chi connectivity index (χ2n) is 7.92. The summed E-state index contributed by atoms with van der Waals surface area (Å²) in [6.45, 7) is 0.0866. The molecule has 7 heteroatoms. The molecule has 0 amide bonds. The van der Waals surface area contributed by atoms with Gasteiger partial charge in [-0.1, -0.05) is 48.5 Å². The van der Waals surface area contributed by atoms with Crippen molar-refractivity contribution >= 4 is 10.0 Å². The summed E-state index contributed by atoms with van der Waals surface area (Å²) in [5, 5.41) is 8.82. The van der Waals surface area contributed by atoms with Crippen molar-refractivity contribution in [2.24, 2.45) is 0 Å². The fourth-order valence-electron chi connectivity index (χ4n) is 4.01. The highest BCUT2D eigenvalue weighted by Gasteiger charge is 2.35. The lowest BCUT2D eigenvalue weighted by Crippen LogP contribution is -2.32. The first-order valence-electron chi connectivity index (χ1n) is 10.1. The average molecular weight is 433 g/mol. The molecule has 3 rings (SSSR count). The van der Waals surface area contributed by atoms with Crippen LogP contribution in [0.2, 0.25) is 0 Å². The van der Waals surface area contributed by atoms with Crippen molar-refractivity contribution in [3.63, 3.8) is 0 Å². The Kier molecular flexibility index (Phi) is 6.89. The molecule has 0 spiro atoms. The lowest BCUT2D eigenvalue weighted by atomic mass is 9.79. The van der Waals surface area contributed by atoms with Crippen LogP contribution < -0.4 is 0 Å². The third-order valence-corrected chi connectivity index (χ3v) is 7.00. The van der Waals surface area contributed by atoms with Gasteiger partial charge >= 0.3 is 0 Å². The smallest absolute Gasteiger partial charge is 0.212 e. The molecule has 0 aliphatic heterocycles. The number of alkyl halides is 2. The highest BCUT2D eigenvalue weighted by atomic mass is 32.2. The third-order valence-electron chi connectivity index (χ3n) is 5.75. The third kappa shape index (κ3) is 5.65. The van der Waals surface area contributed by atoms with Gasteiger partial charge in [0.25, 0.3) is 0 Å². The van der Waals surface area contributed by atoms with Crippen LogP contribution in [0.4, 0.5) is 8.78 Å². The van der Waals surface area contributed by atoms with E-state index in [-0.39, 0.29) is 31.8 Å². The molecule has 1 aliphatic carbocycles. The summed E-state index contributed by atoms with van der Waals surface area (Å²) >= 11 is 0. The predicted molar refractivity (Wildman–Crippen MR) is 114 cm³/mol. The zero-order chi connectivity index (χ0) is 21.8. The van der Waals surface area contributed by atoms with E-state index < -0.39 is 15.9 Å². The van der Waals surface area contributed by atoms with Gasteiger partial charge in [-0.05, 0) is 47.4 Å². The molecular formula is C23H26F2N2O2S. The SMILES string of the molecule is CS(=O)(=O)N(CC#N)CCc1ccc(-c2ccccc2C2CCC(F)(F)CC2)cc1. The monoisotopic (exact) mass is 432 g/mol. The van der Waals surface area contributed by atoms with Gasteiger partial charge in [-0.15, -0.1) is 0 Å². The second kappa shape index (κ2) is 9.23. The molecular weight excluding hydrogens is 406 g/mol. The molecule has 0 bridgehead atoms. The summed E-state index contributed by atoms with van der Waals surface area (Å²) in [6.07, 6.45) is 2.46. The zero-order valence-electron chi connectivity index (χ0n) is 17.0. The number of hydrogen-bond donors (Lipinski definition) is 0. The highest BCUT2D eigenvalue weighted by Crippen LogP contribution is 2.43. The van der Waals surface area contributed by atoms with Crippen LogP contribution in [0, 0.1) is 11.3 Å². The van der Waals surface area contributed by atoms with E-state index in [0.29, 0.717) is 19.3 Å². The first-order valence-corrected chi connectivity index (χ1v) is 11.9. The van der Waals surface area contributed by atoms with Gasteiger partial charge in [-0.25, -0.2) is 17.2 Å². The lowest BCUT2D eigenvalue weighted by Gasteiger charge is -2.29. The Morgan fingerprint density at radius 2 is 1.73 bits per heavy atom. The minimum absolute atomic E-state index is 0.0650. The Hall–Kier alpha value is -2.30. The highest BCUT2D eigenvalue weighted by molar-refractivity contribution is 7.88. The van der Waals surface area contributed by atoms with E-state index in [1.165, 1.54) is 0 Å². The number of rotatable bonds is 7. The molecule has 4 nitrogen and oxygen atoms in total. The molecule has 0 atom stereocenters. The Labute approximate surface area is 177 Å². The van der Waals surface area contributed by atoms with Crippen LogP contribution in [0.1, 0.15) is 42.7 Å². The summed E-state index contributed by atoms with van der Waals surface area (Å²) < 4.78 is 51.7. The van der Waals surface area contributed by atoms with E-state index in [4.69, 9.17) is 5.26 Å². The van der Waals surface area contributed by atoms with Gasteiger partial charge in [0.1, 0.15) is 6.54 Å². The Bertz CT molecular complexity index is 1000. The van der Waals surface area contributed by atoms with Crippen molar-refractivity contribution < 1.29 is 17.2 Å². The van der Waals surface area contributed by atoms with Gasteiger partial charge in [0.2, 0.25) is 15.9 Å². The molecule has 30 heavy (non-hydrogen) atoms. The quantitative estimate of drug-likeness (QED) is 0.580. The van der Waals surface area contributed by atoms with Gasteiger partial charge in [0.05, 0.1) is 12.3 Å². The van der Waals surface area contributed by atoms with Crippen molar-refractivity contribution in [2.45, 2.75) is 43.9 Å². The van der Waals surface area contributed by atoms with Crippen molar-refractivity contribution in [1.82, 2.24) is 4.31 Å². The summed E-state index contributed by atoms with van der Waals surface area (Å²) in [7, 11) is -3.42. The number of hydrogen-bond acceptors (Lipinski definition) is 3. The molecule has 0 heterocycles. The van der Waals surface area contributed by atoms with Crippen LogP contribution in [0.3, 0.4) is 0 Å². The standard InChI is InChI=1S/C23H26F2N2O2S/c1-30(28,29)27(17-15-26)16-12-18-6-8-19(9-7-18)21-4-2-3-5-22(21)20-10-13-23(24,25)14-11-20/h2-9,20H,10-14,16-17H2,1H3. The number of nitrogens with zero attached hydrogens (tertiary/aromatic N) is 2. The average Bonchev–Trinajstić information content (AvgIpc) is 2.71. The molecule has 1 saturated carbocycles. The summed E-state index contributed by atoms with van der Waals surface area (Å²) in [5.41, 5.74) is 4.16. The molecule has 0 N–H and O–H groups in total. The Morgan fingerprint density at radius 3 is 2.33 bits per heavy atom. The summed E-state index contributed by atoms with van der Waals surface area (Å²) in [5.74, 6) is -2.41. The largest absolute Gasteiger partial charge is 0.248 e. The molecule has 0 aromatic heterocycles. The molecule has 1 aliphatic rings. The fraction of sp³-hybridized carbons (Fsp3) is 0.435. The maximum atomic E-state index is 13.6. The van der Waals surface area contributed by atoms with Gasteiger partial charge in [0, 0.05) is 19.4 Å². The maximum absolute atomic E-state index is 13.6. The van der Waals surface area contributed by atoms with Gasteiger partial charge in [-0.3, -0.25) is 0 Å². The summed E-state index contributed by atoms with van der Waals surface area (Å²) in [6, 6.07) is 17.7. The summed E-state index contributed by atoms with van der Waals surface area (Å²) in [4.78, 5) is 0. The van der Waals surface area contributed by atoms with E-state index in [9.17, 15) is 17.2 Å². The zero-order valence-corrected chi connectivity index (χ0v) is 17.8. The van der Waals surface area contributed by atoms with Gasteiger partial charge < -0.3 is 0 Å². The van der Waals surface area contributed by atoms with Crippen LogP contribution in [0.15, 0.2) is 48.5 Å². The Balaban J connectivity index is 1.74. The van der Waals surface area contributed by atoms with Crippen molar-refractivity contribution in [2.75, 3.05) is 19.3 Å². The number of benzene rings is 2. The van der Waals surface area contributed by atoms with Crippen molar-refractivity contribution in [1.29, 1.82) is 5.26 Å². The fourth-order valence-corrected chi connectivity index (χ4v) is 4.73. The van der Waals surface area contributed by atoms with Crippen LogP contribution in [0.5, 0.6) is 0 Å². The molecule has 0 radical (unpaired) electrons. The van der Waals surface area contributed by atoms with Crippen molar-refractivity contribution in [3.8, 4) is 17.2 Å². The van der Waals surface area contributed by atoms with E-state index in [2.05, 4.69) is 0 Å². The first kappa shape index (κ1) is 22.4. The van der Waals surface area contributed by atoms with Gasteiger partial charge in [0.15, 0.2) is 0 Å². The molecule has 2 aromatic carbocycles. The topological polar surface area (TPSA) is 61.2 Å². The number of nitriles is 1. The molecule has 2 aromatic rings. The maximum Gasteiger partial charge on any atom is 0.248 e. The van der Waals surface area contributed by atoms with E-state index in [0.717, 1.165) is 32.8 Å². The van der Waals surface area contributed by atoms with Gasteiger partial charge in [-0.2, -0.15) is 9.57 Å². The van der Waals surface area contributed by atoms with E-state index in [1.807, 2.05) is 54.6 Å². The molecule has 0 unspecified atom stereocenters. The predicted octanol–water partition coefficient (Wildman–Crippen LogP) is 4.97. The van der Waals surface area contributed by atoms with Crippen LogP contribution in [-0.2, 0) is 16.4 Å². The lowest BCUT2D eigenvalue weighted by molar-refractivity contribution is -0.0381. The van der Waals surface area contributed by atoms with Crippen LogP contribution in [0.25, 0.3) is 11.1 Å². The van der Waals surface area contributed by atoms with E-state index >= 15 is 0 Å². The van der Waals surface area contributed by atoms with E-state index in [1.54, 1.807) is 0 Å².